The monoisotopic (exact) mass is 285 g/mol. The lowest BCUT2D eigenvalue weighted by Gasteiger charge is -2.06. The van der Waals surface area contributed by atoms with Gasteiger partial charge in [0.25, 0.3) is 0 Å². The number of fused-ring (bicyclic) bond motifs is 1. The molecule has 1 heterocycles. The standard InChI is InChI=1S/C15H15N3OS/c1-2-18-15-9-8-13(10-12(15)11-16-18)17-20(19)14-6-4-3-5-7-14/h3-11,17H,2H2,1H3. The zero-order valence-corrected chi connectivity index (χ0v) is 11.9. The fraction of sp³-hybridized carbons (Fsp3) is 0.133. The molecule has 0 spiro atoms. The molecule has 3 rings (SSSR count). The molecule has 0 radical (unpaired) electrons. The summed E-state index contributed by atoms with van der Waals surface area (Å²) < 4.78 is 17.1. The summed E-state index contributed by atoms with van der Waals surface area (Å²) in [4.78, 5) is 0.761. The summed E-state index contributed by atoms with van der Waals surface area (Å²) in [7, 11) is -1.25. The number of benzene rings is 2. The van der Waals surface area contributed by atoms with Gasteiger partial charge in [-0.15, -0.1) is 0 Å². The van der Waals surface area contributed by atoms with Gasteiger partial charge in [-0.25, -0.2) is 4.21 Å². The van der Waals surface area contributed by atoms with Crippen LogP contribution in [-0.2, 0) is 17.5 Å². The van der Waals surface area contributed by atoms with Crippen molar-refractivity contribution in [3.8, 4) is 0 Å². The third kappa shape index (κ3) is 2.44. The first kappa shape index (κ1) is 12.9. The van der Waals surface area contributed by atoms with Crippen LogP contribution in [-0.4, -0.2) is 14.0 Å². The smallest absolute Gasteiger partial charge is 0.150 e. The van der Waals surface area contributed by atoms with Crippen LogP contribution in [0, 0.1) is 0 Å². The lowest BCUT2D eigenvalue weighted by molar-refractivity contribution is 0.684. The van der Waals surface area contributed by atoms with Crippen molar-refractivity contribution in [2.75, 3.05) is 4.72 Å². The minimum atomic E-state index is -1.25. The molecule has 0 amide bonds. The van der Waals surface area contributed by atoms with Crippen molar-refractivity contribution in [3.05, 3.63) is 54.7 Å². The number of aromatic nitrogens is 2. The van der Waals surface area contributed by atoms with Crippen molar-refractivity contribution in [2.24, 2.45) is 0 Å². The minimum absolute atomic E-state index is 0.761. The van der Waals surface area contributed by atoms with Crippen LogP contribution >= 0.6 is 0 Å². The summed E-state index contributed by atoms with van der Waals surface area (Å²) in [6.45, 7) is 2.90. The van der Waals surface area contributed by atoms with E-state index in [2.05, 4.69) is 16.7 Å². The van der Waals surface area contributed by atoms with Gasteiger partial charge in [0.2, 0.25) is 0 Å². The molecule has 0 aliphatic rings. The Hall–Kier alpha value is -2.14. The van der Waals surface area contributed by atoms with E-state index < -0.39 is 11.0 Å². The summed E-state index contributed by atoms with van der Waals surface area (Å²) in [5.74, 6) is 0. The number of nitrogens with one attached hydrogen (secondary N) is 1. The number of hydrogen-bond donors (Lipinski definition) is 1. The number of nitrogens with zero attached hydrogens (tertiary/aromatic N) is 2. The van der Waals surface area contributed by atoms with Crippen LogP contribution in [0.4, 0.5) is 5.69 Å². The summed E-state index contributed by atoms with van der Waals surface area (Å²) in [5, 5.41) is 5.35. The molecule has 1 aromatic heterocycles. The highest BCUT2D eigenvalue weighted by Gasteiger charge is 2.06. The highest BCUT2D eigenvalue weighted by Crippen LogP contribution is 2.20. The molecule has 102 valence electrons. The third-order valence-corrected chi connectivity index (χ3v) is 4.23. The number of hydrogen-bond acceptors (Lipinski definition) is 2. The minimum Gasteiger partial charge on any atom is -0.301 e. The fourth-order valence-corrected chi connectivity index (χ4v) is 2.98. The number of anilines is 1. The molecule has 0 aliphatic heterocycles. The zero-order chi connectivity index (χ0) is 13.9. The second-order valence-corrected chi connectivity index (χ2v) is 5.63. The van der Waals surface area contributed by atoms with Crippen molar-refractivity contribution in [2.45, 2.75) is 18.4 Å². The molecule has 2 aromatic carbocycles. The molecular formula is C15H15N3OS. The zero-order valence-electron chi connectivity index (χ0n) is 11.1. The van der Waals surface area contributed by atoms with Crippen LogP contribution in [0.1, 0.15) is 6.92 Å². The predicted octanol–water partition coefficient (Wildman–Crippen LogP) is 3.19. The third-order valence-electron chi connectivity index (χ3n) is 3.11. The van der Waals surface area contributed by atoms with E-state index in [0.29, 0.717) is 0 Å². The van der Waals surface area contributed by atoms with Gasteiger partial charge < -0.3 is 4.72 Å². The predicted molar refractivity (Wildman–Crippen MR) is 81.9 cm³/mol. The summed E-state index contributed by atoms with van der Waals surface area (Å²) in [6, 6.07) is 15.2. The second kappa shape index (κ2) is 5.46. The molecule has 0 aliphatic carbocycles. The van der Waals surface area contributed by atoms with E-state index in [-0.39, 0.29) is 0 Å². The molecule has 0 bridgehead atoms. The Morgan fingerprint density at radius 3 is 2.75 bits per heavy atom. The van der Waals surface area contributed by atoms with Gasteiger partial charge in [-0.1, -0.05) is 18.2 Å². The maximum Gasteiger partial charge on any atom is 0.150 e. The van der Waals surface area contributed by atoms with Gasteiger partial charge in [-0.3, -0.25) is 4.68 Å². The first-order valence-corrected chi connectivity index (χ1v) is 7.62. The molecule has 20 heavy (non-hydrogen) atoms. The molecule has 5 heteroatoms. The second-order valence-electron chi connectivity index (χ2n) is 4.42. The van der Waals surface area contributed by atoms with E-state index in [1.165, 1.54) is 0 Å². The van der Waals surface area contributed by atoms with Crippen LogP contribution in [0.3, 0.4) is 0 Å². The topological polar surface area (TPSA) is 46.9 Å². The first-order valence-electron chi connectivity index (χ1n) is 6.47. The van der Waals surface area contributed by atoms with E-state index in [9.17, 15) is 4.21 Å². The highest BCUT2D eigenvalue weighted by molar-refractivity contribution is 7.86. The lowest BCUT2D eigenvalue weighted by atomic mass is 10.2. The van der Waals surface area contributed by atoms with E-state index >= 15 is 0 Å². The van der Waals surface area contributed by atoms with Gasteiger partial charge in [0.15, 0.2) is 0 Å². The molecule has 0 saturated heterocycles. The van der Waals surface area contributed by atoms with Gasteiger partial charge in [0.05, 0.1) is 16.6 Å². The van der Waals surface area contributed by atoms with Crippen LogP contribution in [0.2, 0.25) is 0 Å². The van der Waals surface area contributed by atoms with E-state index in [1.807, 2.05) is 59.4 Å². The van der Waals surface area contributed by atoms with Crippen molar-refractivity contribution >= 4 is 27.6 Å². The van der Waals surface area contributed by atoms with Crippen molar-refractivity contribution in [1.82, 2.24) is 9.78 Å². The van der Waals surface area contributed by atoms with Crippen LogP contribution in [0.15, 0.2) is 59.6 Å². The van der Waals surface area contributed by atoms with Crippen LogP contribution in [0.25, 0.3) is 10.9 Å². The maximum atomic E-state index is 12.2. The van der Waals surface area contributed by atoms with Gasteiger partial charge in [0.1, 0.15) is 11.0 Å². The van der Waals surface area contributed by atoms with Crippen LogP contribution in [0.5, 0.6) is 0 Å². The van der Waals surface area contributed by atoms with E-state index in [1.54, 1.807) is 0 Å². The average Bonchev–Trinajstić information content (AvgIpc) is 2.90. The molecular weight excluding hydrogens is 270 g/mol. The molecule has 4 nitrogen and oxygen atoms in total. The van der Waals surface area contributed by atoms with Gasteiger partial charge >= 0.3 is 0 Å². The van der Waals surface area contributed by atoms with Crippen LogP contribution < -0.4 is 4.72 Å². The Balaban J connectivity index is 1.86. The number of aryl methyl sites for hydroxylation is 1. The Kier molecular flexibility index (Phi) is 3.52. The van der Waals surface area contributed by atoms with Crippen molar-refractivity contribution in [1.29, 1.82) is 0 Å². The summed E-state index contributed by atoms with van der Waals surface area (Å²) >= 11 is 0. The lowest BCUT2D eigenvalue weighted by Crippen LogP contribution is -2.04. The normalized spacial score (nSPS) is 12.4. The maximum absolute atomic E-state index is 12.2. The Labute approximate surface area is 120 Å². The molecule has 1 N–H and O–H groups in total. The van der Waals surface area contributed by atoms with E-state index in [0.717, 1.165) is 28.0 Å². The van der Waals surface area contributed by atoms with Gasteiger partial charge in [-0.2, -0.15) is 5.10 Å². The summed E-state index contributed by atoms with van der Waals surface area (Å²) in [6.07, 6.45) is 1.83. The quantitative estimate of drug-likeness (QED) is 0.800. The van der Waals surface area contributed by atoms with Crippen molar-refractivity contribution < 1.29 is 4.21 Å². The summed E-state index contributed by atoms with van der Waals surface area (Å²) in [5.41, 5.74) is 1.92. The van der Waals surface area contributed by atoms with Gasteiger partial charge in [-0.05, 0) is 37.3 Å². The fourth-order valence-electron chi connectivity index (χ4n) is 2.11. The Morgan fingerprint density at radius 1 is 1.20 bits per heavy atom. The number of rotatable bonds is 4. The van der Waals surface area contributed by atoms with Gasteiger partial charge in [0, 0.05) is 17.6 Å². The largest absolute Gasteiger partial charge is 0.301 e. The highest BCUT2D eigenvalue weighted by atomic mass is 32.2. The molecule has 1 atom stereocenters. The average molecular weight is 285 g/mol. The molecule has 3 aromatic rings. The Bertz CT molecular complexity index is 752. The Morgan fingerprint density at radius 2 is 2.00 bits per heavy atom. The SMILES string of the molecule is CCn1ncc2cc(NS(=O)c3ccccc3)ccc21. The van der Waals surface area contributed by atoms with E-state index in [4.69, 9.17) is 0 Å². The molecule has 0 saturated carbocycles. The molecule has 1 unspecified atom stereocenters. The first-order chi connectivity index (χ1) is 9.78. The van der Waals surface area contributed by atoms with Crippen molar-refractivity contribution in [3.63, 3.8) is 0 Å². The molecule has 0 fully saturated rings.